The number of hydrogen-bond donors (Lipinski definition) is 2. The summed E-state index contributed by atoms with van der Waals surface area (Å²) in [7, 11) is 1.47. The molecule has 0 spiro atoms. The molecule has 1 atom stereocenters. The molecule has 0 saturated carbocycles. The number of aromatic nitrogens is 2. The topological polar surface area (TPSA) is 84.0 Å². The van der Waals surface area contributed by atoms with Crippen LogP contribution in [0.25, 0.3) is 20.7 Å². The normalized spacial score (nSPS) is 12.0. The van der Waals surface area contributed by atoms with Crippen LogP contribution in [0.5, 0.6) is 0 Å². The molecule has 0 fully saturated rings. The Morgan fingerprint density at radius 3 is 2.62 bits per heavy atom. The molecule has 0 aliphatic heterocycles. The fourth-order valence-electron chi connectivity index (χ4n) is 2.33. The van der Waals surface area contributed by atoms with Gasteiger partial charge in [-0.2, -0.15) is 0 Å². The molecule has 2 aromatic heterocycles. The Hall–Kier alpha value is -2.45. The summed E-state index contributed by atoms with van der Waals surface area (Å²) in [6, 6.07) is 11.6. The Bertz CT molecular complexity index is 956. The maximum atomic E-state index is 12.1. The highest BCUT2D eigenvalue weighted by Crippen LogP contribution is 2.37. The largest absolute Gasteiger partial charge is 0.341 e. The van der Waals surface area contributed by atoms with Crippen molar-refractivity contribution in [2.24, 2.45) is 0 Å². The minimum absolute atomic E-state index is 0.364. The molecular formula is C18H18N4O2S2. The summed E-state index contributed by atoms with van der Waals surface area (Å²) in [5.74, 6) is 0.289. The molecule has 3 amide bonds. The number of thiophene rings is 1. The van der Waals surface area contributed by atoms with Gasteiger partial charge in [-0.05, 0) is 25.5 Å². The van der Waals surface area contributed by atoms with Crippen LogP contribution in [0.4, 0.5) is 4.79 Å². The van der Waals surface area contributed by atoms with Crippen LogP contribution in [0.15, 0.2) is 41.4 Å². The number of imide groups is 1. The summed E-state index contributed by atoms with van der Waals surface area (Å²) in [5, 5.41) is 5.86. The van der Waals surface area contributed by atoms with E-state index in [1.807, 2.05) is 25.1 Å². The predicted octanol–water partition coefficient (Wildman–Crippen LogP) is 3.60. The SMILES string of the molecule is CNC(=O)NC(=O)[C@H](C)Sc1nc(C)nc2sc(-c3ccccc3)cc12. The van der Waals surface area contributed by atoms with Crippen LogP contribution in [0, 0.1) is 6.92 Å². The molecule has 0 unspecified atom stereocenters. The lowest BCUT2D eigenvalue weighted by Gasteiger charge is -2.11. The smallest absolute Gasteiger partial charge is 0.321 e. The maximum absolute atomic E-state index is 12.1. The molecule has 2 heterocycles. The van der Waals surface area contributed by atoms with E-state index in [2.05, 4.69) is 38.8 Å². The third-order valence-electron chi connectivity index (χ3n) is 3.65. The molecule has 0 aliphatic carbocycles. The standard InChI is InChI=1S/C18H18N4O2S2/c1-10(15(23)22-18(24)19-3)25-16-13-9-14(12-7-5-4-6-8-12)26-17(13)21-11(2)20-16/h4-10H,1-3H3,(H2,19,22,23,24)/t10-/m0/s1. The molecule has 2 N–H and O–H groups in total. The Kier molecular flexibility index (Phi) is 5.53. The van der Waals surface area contributed by atoms with Crippen molar-refractivity contribution >= 4 is 45.3 Å². The average Bonchev–Trinajstić information content (AvgIpc) is 3.06. The van der Waals surface area contributed by atoms with Gasteiger partial charge < -0.3 is 5.32 Å². The maximum Gasteiger partial charge on any atom is 0.321 e. The summed E-state index contributed by atoms with van der Waals surface area (Å²) in [5.41, 5.74) is 1.12. The number of carbonyl (C=O) groups is 2. The molecule has 26 heavy (non-hydrogen) atoms. The lowest BCUT2D eigenvalue weighted by Crippen LogP contribution is -2.41. The van der Waals surface area contributed by atoms with Gasteiger partial charge >= 0.3 is 6.03 Å². The van der Waals surface area contributed by atoms with Crippen molar-refractivity contribution in [1.82, 2.24) is 20.6 Å². The molecule has 8 heteroatoms. The van der Waals surface area contributed by atoms with Gasteiger partial charge in [-0.3, -0.25) is 10.1 Å². The summed E-state index contributed by atoms with van der Waals surface area (Å²) < 4.78 is 0. The van der Waals surface area contributed by atoms with Crippen molar-refractivity contribution in [1.29, 1.82) is 0 Å². The van der Waals surface area contributed by atoms with Gasteiger partial charge in [0.1, 0.15) is 15.7 Å². The zero-order valence-corrected chi connectivity index (χ0v) is 16.2. The molecule has 3 rings (SSSR count). The Morgan fingerprint density at radius 1 is 1.19 bits per heavy atom. The van der Waals surface area contributed by atoms with Crippen molar-refractivity contribution in [3.8, 4) is 10.4 Å². The fraction of sp³-hybridized carbons (Fsp3) is 0.222. The van der Waals surface area contributed by atoms with Gasteiger partial charge in [0.05, 0.1) is 5.25 Å². The third-order valence-corrected chi connectivity index (χ3v) is 5.83. The van der Waals surface area contributed by atoms with E-state index in [9.17, 15) is 9.59 Å². The molecule has 0 bridgehead atoms. The van der Waals surface area contributed by atoms with Crippen LogP contribution in [0.3, 0.4) is 0 Å². The lowest BCUT2D eigenvalue weighted by atomic mass is 10.2. The number of urea groups is 1. The zero-order valence-electron chi connectivity index (χ0n) is 14.6. The molecule has 0 aliphatic rings. The lowest BCUT2D eigenvalue weighted by molar-refractivity contribution is -0.119. The van der Waals surface area contributed by atoms with Gasteiger partial charge in [0.15, 0.2) is 0 Å². The number of rotatable bonds is 4. The van der Waals surface area contributed by atoms with Gasteiger partial charge in [-0.15, -0.1) is 11.3 Å². The van der Waals surface area contributed by atoms with Crippen molar-refractivity contribution in [3.05, 3.63) is 42.2 Å². The van der Waals surface area contributed by atoms with Crippen molar-refractivity contribution in [2.75, 3.05) is 7.05 Å². The van der Waals surface area contributed by atoms with E-state index in [1.54, 1.807) is 18.3 Å². The third kappa shape index (κ3) is 4.03. The first-order valence-corrected chi connectivity index (χ1v) is 9.70. The Labute approximate surface area is 159 Å². The van der Waals surface area contributed by atoms with E-state index in [4.69, 9.17) is 0 Å². The summed E-state index contributed by atoms with van der Waals surface area (Å²) in [6.45, 7) is 3.58. The molecule has 0 radical (unpaired) electrons. The van der Waals surface area contributed by atoms with Gasteiger partial charge in [0.25, 0.3) is 0 Å². The van der Waals surface area contributed by atoms with Crippen LogP contribution < -0.4 is 10.6 Å². The van der Waals surface area contributed by atoms with Crippen LogP contribution in [0.1, 0.15) is 12.7 Å². The van der Waals surface area contributed by atoms with E-state index in [0.717, 1.165) is 25.7 Å². The monoisotopic (exact) mass is 386 g/mol. The summed E-state index contributed by atoms with van der Waals surface area (Å²) in [4.78, 5) is 34.5. The van der Waals surface area contributed by atoms with E-state index in [0.29, 0.717) is 5.82 Å². The van der Waals surface area contributed by atoms with E-state index < -0.39 is 11.3 Å². The highest BCUT2D eigenvalue weighted by atomic mass is 32.2. The van der Waals surface area contributed by atoms with Gasteiger partial charge in [-0.25, -0.2) is 14.8 Å². The van der Waals surface area contributed by atoms with Crippen LogP contribution in [-0.4, -0.2) is 34.2 Å². The predicted molar refractivity (Wildman–Crippen MR) is 106 cm³/mol. The van der Waals surface area contributed by atoms with Crippen molar-refractivity contribution in [3.63, 3.8) is 0 Å². The second kappa shape index (κ2) is 7.84. The number of nitrogens with one attached hydrogen (secondary N) is 2. The number of nitrogens with zero attached hydrogens (tertiary/aromatic N) is 2. The van der Waals surface area contributed by atoms with Gasteiger partial charge in [-0.1, -0.05) is 42.1 Å². The number of thioether (sulfide) groups is 1. The highest BCUT2D eigenvalue weighted by Gasteiger charge is 2.20. The quantitative estimate of drug-likeness (QED) is 0.529. The first kappa shape index (κ1) is 18.3. The minimum atomic E-state index is -0.520. The number of aryl methyl sites for hydroxylation is 1. The second-order valence-electron chi connectivity index (χ2n) is 5.60. The average molecular weight is 387 g/mol. The van der Waals surface area contributed by atoms with E-state index >= 15 is 0 Å². The first-order valence-electron chi connectivity index (χ1n) is 8.00. The molecule has 3 aromatic rings. The molecule has 134 valence electrons. The van der Waals surface area contributed by atoms with Crippen molar-refractivity contribution in [2.45, 2.75) is 24.1 Å². The number of carbonyl (C=O) groups excluding carboxylic acids is 2. The molecule has 1 aromatic carbocycles. The van der Waals surface area contributed by atoms with E-state index in [1.165, 1.54) is 18.8 Å². The highest BCUT2D eigenvalue weighted by molar-refractivity contribution is 8.00. The van der Waals surface area contributed by atoms with Crippen LogP contribution >= 0.6 is 23.1 Å². The Morgan fingerprint density at radius 2 is 1.92 bits per heavy atom. The number of fused-ring (bicyclic) bond motifs is 1. The molecule has 6 nitrogen and oxygen atoms in total. The molecule has 0 saturated heterocycles. The summed E-state index contributed by atoms with van der Waals surface area (Å²) in [6.07, 6.45) is 0. The van der Waals surface area contributed by atoms with Gasteiger partial charge in [0, 0.05) is 17.3 Å². The fourth-order valence-corrected chi connectivity index (χ4v) is 4.44. The molecular weight excluding hydrogens is 368 g/mol. The minimum Gasteiger partial charge on any atom is -0.341 e. The zero-order chi connectivity index (χ0) is 18.7. The van der Waals surface area contributed by atoms with Crippen LogP contribution in [-0.2, 0) is 4.79 Å². The van der Waals surface area contributed by atoms with Gasteiger partial charge in [0.2, 0.25) is 5.91 Å². The van der Waals surface area contributed by atoms with Crippen LogP contribution in [0.2, 0.25) is 0 Å². The van der Waals surface area contributed by atoms with Crippen molar-refractivity contribution < 1.29 is 9.59 Å². The number of amides is 3. The first-order chi connectivity index (χ1) is 12.5. The number of benzene rings is 1. The van der Waals surface area contributed by atoms with E-state index in [-0.39, 0.29) is 5.91 Å². The summed E-state index contributed by atoms with van der Waals surface area (Å²) >= 11 is 2.92. The number of hydrogen-bond acceptors (Lipinski definition) is 6. The Balaban J connectivity index is 1.92. The second-order valence-corrected chi connectivity index (χ2v) is 7.96.